The van der Waals surface area contributed by atoms with Gasteiger partial charge in [-0.2, -0.15) is 0 Å². The fourth-order valence-electron chi connectivity index (χ4n) is 1.62. The third kappa shape index (κ3) is 3.45. The van der Waals surface area contributed by atoms with Crippen molar-refractivity contribution in [2.45, 2.75) is 4.90 Å². The third-order valence-corrected chi connectivity index (χ3v) is 4.58. The number of hydrogen-bond donors (Lipinski definition) is 2. The number of hydrogen-bond acceptors (Lipinski definition) is 4. The molecule has 0 amide bonds. The summed E-state index contributed by atoms with van der Waals surface area (Å²) in [6.07, 6.45) is 1.14. The van der Waals surface area contributed by atoms with Gasteiger partial charge in [-0.1, -0.05) is 27.5 Å². The van der Waals surface area contributed by atoms with Gasteiger partial charge in [0.25, 0.3) is 0 Å². The second kappa shape index (κ2) is 5.63. The number of nitrogen functional groups attached to an aromatic ring is 1. The highest BCUT2D eigenvalue weighted by atomic mass is 79.9. The van der Waals surface area contributed by atoms with Crippen molar-refractivity contribution in [3.05, 3.63) is 45.9 Å². The molecule has 0 aromatic heterocycles. The van der Waals surface area contributed by atoms with Crippen LogP contribution in [0.1, 0.15) is 0 Å². The number of anilines is 3. The summed E-state index contributed by atoms with van der Waals surface area (Å²) in [5.74, 6) is 0. The van der Waals surface area contributed by atoms with Crippen molar-refractivity contribution in [1.29, 1.82) is 0 Å². The summed E-state index contributed by atoms with van der Waals surface area (Å²) in [7, 11) is -3.27. The number of benzene rings is 2. The van der Waals surface area contributed by atoms with Crippen molar-refractivity contribution in [2.75, 3.05) is 17.3 Å². The summed E-state index contributed by atoms with van der Waals surface area (Å²) in [5.41, 5.74) is 7.48. The van der Waals surface area contributed by atoms with Crippen molar-refractivity contribution < 1.29 is 8.42 Å². The average Bonchev–Trinajstić information content (AvgIpc) is 2.35. The van der Waals surface area contributed by atoms with Crippen molar-refractivity contribution >= 4 is 54.4 Å². The second-order valence-electron chi connectivity index (χ2n) is 4.27. The van der Waals surface area contributed by atoms with E-state index in [0.29, 0.717) is 22.1 Å². The van der Waals surface area contributed by atoms with Crippen LogP contribution in [0.15, 0.2) is 45.8 Å². The highest BCUT2D eigenvalue weighted by Crippen LogP contribution is 2.31. The molecule has 106 valence electrons. The maximum atomic E-state index is 11.5. The fourth-order valence-corrected chi connectivity index (χ4v) is 2.81. The van der Waals surface area contributed by atoms with Gasteiger partial charge in [0.2, 0.25) is 0 Å². The molecule has 0 aliphatic heterocycles. The number of nitrogens with two attached hydrogens (primary N) is 1. The molecular weight excluding hydrogens is 364 g/mol. The summed E-state index contributed by atoms with van der Waals surface area (Å²) in [6, 6.07) is 9.91. The Hall–Kier alpha value is -1.24. The van der Waals surface area contributed by atoms with Gasteiger partial charge in [-0.25, -0.2) is 8.42 Å². The summed E-state index contributed by atoms with van der Waals surface area (Å²) in [5, 5.41) is 3.62. The predicted octanol–water partition coefficient (Wildman–Crippen LogP) is 3.83. The van der Waals surface area contributed by atoms with Crippen LogP contribution in [0.2, 0.25) is 5.02 Å². The summed E-state index contributed by atoms with van der Waals surface area (Å²) in [4.78, 5) is 0.181. The quantitative estimate of drug-likeness (QED) is 0.800. The molecule has 0 saturated carbocycles. The molecule has 0 spiro atoms. The molecule has 2 aromatic rings. The van der Waals surface area contributed by atoms with E-state index in [-0.39, 0.29) is 4.90 Å². The van der Waals surface area contributed by atoms with Crippen LogP contribution in [0.4, 0.5) is 17.1 Å². The first-order valence-electron chi connectivity index (χ1n) is 5.59. The smallest absolute Gasteiger partial charge is 0.175 e. The molecule has 20 heavy (non-hydrogen) atoms. The van der Waals surface area contributed by atoms with Gasteiger partial charge >= 0.3 is 0 Å². The van der Waals surface area contributed by atoms with E-state index >= 15 is 0 Å². The van der Waals surface area contributed by atoms with E-state index in [1.807, 2.05) is 12.1 Å². The zero-order chi connectivity index (χ0) is 14.9. The first kappa shape index (κ1) is 15.2. The van der Waals surface area contributed by atoms with Gasteiger partial charge in [0.1, 0.15) is 0 Å². The molecule has 2 rings (SSSR count). The van der Waals surface area contributed by atoms with E-state index in [0.717, 1.165) is 10.7 Å². The minimum atomic E-state index is -3.27. The van der Waals surface area contributed by atoms with E-state index in [1.165, 1.54) is 12.1 Å². The van der Waals surface area contributed by atoms with Gasteiger partial charge in [0, 0.05) is 10.7 Å². The molecule has 0 radical (unpaired) electrons. The Bertz CT molecular complexity index is 763. The number of rotatable bonds is 3. The van der Waals surface area contributed by atoms with Gasteiger partial charge in [-0.05, 0) is 36.4 Å². The van der Waals surface area contributed by atoms with Gasteiger partial charge in [0.05, 0.1) is 27.0 Å². The molecule has 0 heterocycles. The summed E-state index contributed by atoms with van der Waals surface area (Å²) in [6.45, 7) is 0. The fraction of sp³-hybridized carbons (Fsp3) is 0.0769. The Labute approximate surface area is 131 Å². The Kier molecular flexibility index (Phi) is 4.27. The van der Waals surface area contributed by atoms with Crippen LogP contribution in [0.25, 0.3) is 0 Å². The highest BCUT2D eigenvalue weighted by Gasteiger charge is 2.10. The minimum absolute atomic E-state index is 0.181. The molecule has 0 unspecified atom stereocenters. The van der Waals surface area contributed by atoms with E-state index < -0.39 is 9.84 Å². The van der Waals surface area contributed by atoms with Crippen molar-refractivity contribution in [3.63, 3.8) is 0 Å². The standard InChI is InChI=1S/C13H12BrClN2O2S/c1-20(18,19)9-3-5-12(11(16)7-9)17-13-6-8(14)2-4-10(13)15/h2-7,17H,16H2,1H3. The maximum absolute atomic E-state index is 11.5. The Morgan fingerprint density at radius 3 is 2.45 bits per heavy atom. The zero-order valence-electron chi connectivity index (χ0n) is 10.5. The Morgan fingerprint density at radius 2 is 1.85 bits per heavy atom. The van der Waals surface area contributed by atoms with Crippen molar-refractivity contribution in [1.82, 2.24) is 0 Å². The average molecular weight is 376 g/mol. The molecule has 3 N–H and O–H groups in total. The van der Waals surface area contributed by atoms with Crippen LogP contribution >= 0.6 is 27.5 Å². The minimum Gasteiger partial charge on any atom is -0.397 e. The SMILES string of the molecule is CS(=O)(=O)c1ccc(Nc2cc(Br)ccc2Cl)c(N)c1. The third-order valence-electron chi connectivity index (χ3n) is 2.65. The van der Waals surface area contributed by atoms with E-state index in [2.05, 4.69) is 21.2 Å². The number of halogens is 2. The summed E-state index contributed by atoms with van der Waals surface area (Å²) < 4.78 is 23.8. The molecule has 0 atom stereocenters. The number of sulfone groups is 1. The molecule has 0 saturated heterocycles. The topological polar surface area (TPSA) is 72.2 Å². The predicted molar refractivity (Wildman–Crippen MR) is 86.4 cm³/mol. The van der Waals surface area contributed by atoms with Gasteiger partial charge in [-0.15, -0.1) is 0 Å². The number of nitrogens with one attached hydrogen (secondary N) is 1. The van der Waals surface area contributed by atoms with E-state index in [9.17, 15) is 8.42 Å². The molecule has 0 aliphatic carbocycles. The van der Waals surface area contributed by atoms with E-state index in [4.69, 9.17) is 17.3 Å². The summed E-state index contributed by atoms with van der Waals surface area (Å²) >= 11 is 9.44. The van der Waals surface area contributed by atoms with Crippen LogP contribution in [-0.2, 0) is 9.84 Å². The zero-order valence-corrected chi connectivity index (χ0v) is 13.7. The lowest BCUT2D eigenvalue weighted by atomic mass is 10.2. The molecule has 0 aliphatic rings. The van der Waals surface area contributed by atoms with Crippen LogP contribution in [0.5, 0.6) is 0 Å². The van der Waals surface area contributed by atoms with E-state index in [1.54, 1.807) is 12.1 Å². The molecule has 7 heteroatoms. The highest BCUT2D eigenvalue weighted by molar-refractivity contribution is 9.10. The Balaban J connectivity index is 2.38. The lowest BCUT2D eigenvalue weighted by Gasteiger charge is -2.12. The van der Waals surface area contributed by atoms with Crippen molar-refractivity contribution in [2.24, 2.45) is 0 Å². The van der Waals surface area contributed by atoms with Crippen LogP contribution in [0, 0.1) is 0 Å². The normalized spacial score (nSPS) is 11.3. The van der Waals surface area contributed by atoms with Crippen molar-refractivity contribution in [3.8, 4) is 0 Å². The first-order chi connectivity index (χ1) is 9.27. The lowest BCUT2D eigenvalue weighted by molar-refractivity contribution is 0.602. The molecule has 0 fully saturated rings. The van der Waals surface area contributed by atoms with Gasteiger partial charge in [-0.3, -0.25) is 0 Å². The molecular formula is C13H12BrClN2O2S. The molecule has 0 bridgehead atoms. The second-order valence-corrected chi connectivity index (χ2v) is 7.61. The van der Waals surface area contributed by atoms with Gasteiger partial charge < -0.3 is 11.1 Å². The Morgan fingerprint density at radius 1 is 1.15 bits per heavy atom. The molecule has 4 nitrogen and oxygen atoms in total. The lowest BCUT2D eigenvalue weighted by Crippen LogP contribution is -2.01. The van der Waals surface area contributed by atoms with Crippen LogP contribution in [-0.4, -0.2) is 14.7 Å². The molecule has 2 aromatic carbocycles. The van der Waals surface area contributed by atoms with Crippen LogP contribution in [0.3, 0.4) is 0 Å². The van der Waals surface area contributed by atoms with Gasteiger partial charge in [0.15, 0.2) is 9.84 Å². The maximum Gasteiger partial charge on any atom is 0.175 e. The largest absolute Gasteiger partial charge is 0.397 e. The monoisotopic (exact) mass is 374 g/mol. The van der Waals surface area contributed by atoms with Crippen LogP contribution < -0.4 is 11.1 Å². The first-order valence-corrected chi connectivity index (χ1v) is 8.65.